The molecule has 8 nitrogen and oxygen atoms in total. The fourth-order valence-electron chi connectivity index (χ4n) is 7.00. The minimum Gasteiger partial charge on any atom is -0.462 e. The SMILES string of the molecule is CCOC(=O)c1cc(F)c2nc(N3[C@@H]4CC[C@H]3CC3(COC(c5c(-c6c(Cl)cccc6Cl)noc5C5CC5)O3)C4)sc2c1. The van der Waals surface area contributed by atoms with Gasteiger partial charge in [0.05, 0.1) is 44.7 Å². The van der Waals surface area contributed by atoms with Crippen LogP contribution in [0.1, 0.15) is 79.3 Å². The Hall–Kier alpha value is -2.76. The molecule has 4 aromatic rings. The van der Waals surface area contributed by atoms with Crippen molar-refractivity contribution in [3.63, 3.8) is 0 Å². The van der Waals surface area contributed by atoms with E-state index in [0.29, 0.717) is 32.6 Å². The van der Waals surface area contributed by atoms with E-state index >= 15 is 4.39 Å². The number of fused-ring (bicyclic) bond motifs is 3. The average Bonchev–Trinajstić information content (AvgIpc) is 3.26. The predicted octanol–water partition coefficient (Wildman–Crippen LogP) is 8.07. The maximum Gasteiger partial charge on any atom is 0.338 e. The summed E-state index contributed by atoms with van der Waals surface area (Å²) in [7, 11) is 0. The van der Waals surface area contributed by atoms with Gasteiger partial charge in [0, 0.05) is 23.6 Å². The molecular formula is C31H28Cl2FN3O5S. The van der Waals surface area contributed by atoms with Crippen molar-refractivity contribution in [2.24, 2.45) is 0 Å². The number of piperidine rings is 1. The molecule has 0 amide bonds. The molecule has 8 rings (SSSR count). The normalized spacial score (nSPS) is 26.6. The van der Waals surface area contributed by atoms with Gasteiger partial charge in [-0.15, -0.1) is 0 Å². The second kappa shape index (κ2) is 10.4. The Bertz CT molecular complexity index is 1720. The third-order valence-corrected chi connectivity index (χ3v) is 10.6. The lowest BCUT2D eigenvalue weighted by atomic mass is 9.87. The summed E-state index contributed by atoms with van der Waals surface area (Å²) < 4.78 is 39.8. The molecule has 0 radical (unpaired) electrons. The molecule has 4 atom stereocenters. The molecule has 2 aromatic carbocycles. The molecule has 2 bridgehead atoms. The summed E-state index contributed by atoms with van der Waals surface area (Å²) in [6.45, 7) is 2.40. The zero-order valence-corrected chi connectivity index (χ0v) is 25.6. The first-order valence-corrected chi connectivity index (χ1v) is 16.2. The summed E-state index contributed by atoms with van der Waals surface area (Å²) in [5.41, 5.74) is 1.96. The molecule has 4 aliphatic rings. The van der Waals surface area contributed by atoms with Gasteiger partial charge in [0.1, 0.15) is 17.0 Å². The minimum absolute atomic E-state index is 0.164. The molecular weight excluding hydrogens is 616 g/mol. The molecule has 2 aromatic heterocycles. The van der Waals surface area contributed by atoms with E-state index in [-0.39, 0.29) is 35.7 Å². The first-order valence-electron chi connectivity index (χ1n) is 14.6. The number of carbonyl (C=O) groups is 1. The van der Waals surface area contributed by atoms with Crippen LogP contribution in [0.25, 0.3) is 21.5 Å². The second-order valence-corrected chi connectivity index (χ2v) is 13.7. The van der Waals surface area contributed by atoms with Gasteiger partial charge in [-0.25, -0.2) is 14.2 Å². The van der Waals surface area contributed by atoms with E-state index in [9.17, 15) is 4.79 Å². The van der Waals surface area contributed by atoms with Gasteiger partial charge in [0.25, 0.3) is 0 Å². The highest BCUT2D eigenvalue weighted by Gasteiger charge is 2.55. The topological polar surface area (TPSA) is 86.9 Å². The monoisotopic (exact) mass is 643 g/mol. The van der Waals surface area contributed by atoms with E-state index in [1.165, 1.54) is 17.4 Å². The van der Waals surface area contributed by atoms with Crippen LogP contribution in [-0.4, -0.2) is 47.0 Å². The maximum atomic E-state index is 15.0. The van der Waals surface area contributed by atoms with Crippen molar-refractivity contribution in [1.29, 1.82) is 0 Å². The summed E-state index contributed by atoms with van der Waals surface area (Å²) >= 11 is 14.6. The number of anilines is 1. The van der Waals surface area contributed by atoms with Crippen molar-refractivity contribution >= 4 is 55.9 Å². The Kier molecular flexibility index (Phi) is 6.72. The van der Waals surface area contributed by atoms with E-state index in [4.69, 9.17) is 46.9 Å². The van der Waals surface area contributed by atoms with Crippen LogP contribution in [0.2, 0.25) is 10.0 Å². The van der Waals surface area contributed by atoms with Crippen LogP contribution >= 0.6 is 34.5 Å². The first kappa shape index (κ1) is 27.8. The fraction of sp³-hybridized carbons (Fsp3) is 0.452. The van der Waals surface area contributed by atoms with Gasteiger partial charge in [-0.05, 0) is 69.7 Å². The molecule has 2 unspecified atom stereocenters. The Morgan fingerprint density at radius 3 is 2.60 bits per heavy atom. The Morgan fingerprint density at radius 2 is 1.91 bits per heavy atom. The van der Waals surface area contributed by atoms with Crippen molar-refractivity contribution in [1.82, 2.24) is 10.1 Å². The standard InChI is InChI=1S/C31H28Cl2FN3O5S/c1-2-39-28(38)16-10-21(34)25-22(11-16)43-30(35-25)37-17-8-9-18(37)13-31(12-17)14-40-29(41-31)24-26(36-42-27(24)15-6-7-15)23-19(32)4-3-5-20(23)33/h3-5,10-11,15,17-18,29H,2,6-9,12-14H2,1H3/t17-,18+,29?,31?. The number of halogens is 3. The minimum atomic E-state index is -0.645. The van der Waals surface area contributed by atoms with Gasteiger partial charge in [-0.2, -0.15) is 0 Å². The molecule has 1 aliphatic carbocycles. The number of hydrogen-bond donors (Lipinski definition) is 0. The fourth-order valence-corrected chi connectivity index (χ4v) is 8.74. The lowest BCUT2D eigenvalue weighted by molar-refractivity contribution is -0.104. The highest BCUT2D eigenvalue weighted by molar-refractivity contribution is 7.22. The van der Waals surface area contributed by atoms with Crippen LogP contribution in [0, 0.1) is 5.82 Å². The van der Waals surface area contributed by atoms with Crippen molar-refractivity contribution in [3.05, 3.63) is 63.1 Å². The van der Waals surface area contributed by atoms with Gasteiger partial charge in [-0.3, -0.25) is 0 Å². The molecule has 4 fully saturated rings. The van der Waals surface area contributed by atoms with E-state index in [2.05, 4.69) is 10.1 Å². The van der Waals surface area contributed by atoms with Gasteiger partial charge >= 0.3 is 5.97 Å². The van der Waals surface area contributed by atoms with Crippen molar-refractivity contribution < 1.29 is 27.9 Å². The van der Waals surface area contributed by atoms with Crippen molar-refractivity contribution in [2.75, 3.05) is 18.1 Å². The van der Waals surface area contributed by atoms with E-state index in [1.807, 2.05) is 0 Å². The number of benzene rings is 2. The van der Waals surface area contributed by atoms with Crippen LogP contribution in [0.4, 0.5) is 9.52 Å². The molecule has 43 heavy (non-hydrogen) atoms. The summed E-state index contributed by atoms with van der Waals surface area (Å²) in [4.78, 5) is 19.3. The molecule has 1 spiro atoms. The van der Waals surface area contributed by atoms with Gasteiger partial charge < -0.3 is 23.6 Å². The van der Waals surface area contributed by atoms with E-state index in [0.717, 1.165) is 55.0 Å². The lowest BCUT2D eigenvalue weighted by Gasteiger charge is -2.43. The first-order chi connectivity index (χ1) is 20.8. The molecule has 3 aliphatic heterocycles. The molecule has 3 saturated heterocycles. The molecule has 12 heteroatoms. The summed E-state index contributed by atoms with van der Waals surface area (Å²) in [6.07, 6.45) is 4.87. The zero-order chi connectivity index (χ0) is 29.5. The summed E-state index contributed by atoms with van der Waals surface area (Å²) in [5, 5.41) is 6.16. The van der Waals surface area contributed by atoms with Crippen LogP contribution in [0.15, 0.2) is 34.9 Å². The largest absolute Gasteiger partial charge is 0.462 e. The van der Waals surface area contributed by atoms with Crippen LogP contribution in [0.3, 0.4) is 0 Å². The number of esters is 1. The lowest BCUT2D eigenvalue weighted by Crippen LogP contribution is -2.52. The van der Waals surface area contributed by atoms with Crippen LogP contribution in [0.5, 0.6) is 0 Å². The van der Waals surface area contributed by atoms with Gasteiger partial charge in [-0.1, -0.05) is 45.8 Å². The number of hydrogen-bond acceptors (Lipinski definition) is 9. The molecule has 1 saturated carbocycles. The highest BCUT2D eigenvalue weighted by Crippen LogP contribution is 2.54. The predicted molar refractivity (Wildman–Crippen MR) is 161 cm³/mol. The zero-order valence-electron chi connectivity index (χ0n) is 23.3. The van der Waals surface area contributed by atoms with Crippen LogP contribution in [-0.2, 0) is 14.2 Å². The Labute approximate surface area is 261 Å². The third-order valence-electron chi connectivity index (χ3n) is 9.00. The van der Waals surface area contributed by atoms with Crippen LogP contribution < -0.4 is 4.90 Å². The third kappa shape index (κ3) is 4.64. The van der Waals surface area contributed by atoms with E-state index in [1.54, 1.807) is 31.2 Å². The number of carbonyl (C=O) groups excluding carboxylic acids is 1. The Balaban J connectivity index is 1.07. The maximum absolute atomic E-state index is 15.0. The van der Waals surface area contributed by atoms with E-state index < -0.39 is 23.7 Å². The quantitative estimate of drug-likeness (QED) is 0.195. The summed E-state index contributed by atoms with van der Waals surface area (Å²) in [6, 6.07) is 8.58. The van der Waals surface area contributed by atoms with Crippen molar-refractivity contribution in [2.45, 2.75) is 75.3 Å². The number of ether oxygens (including phenoxy) is 3. The van der Waals surface area contributed by atoms with Gasteiger partial charge in [0.2, 0.25) is 0 Å². The molecule has 5 heterocycles. The van der Waals surface area contributed by atoms with Crippen molar-refractivity contribution in [3.8, 4) is 11.3 Å². The molecule has 224 valence electrons. The number of thiazole rings is 1. The van der Waals surface area contributed by atoms with Gasteiger partial charge in [0.15, 0.2) is 17.2 Å². The summed E-state index contributed by atoms with van der Waals surface area (Å²) in [5.74, 6) is 0.00728. The number of aromatic nitrogens is 2. The number of nitrogens with zero attached hydrogens (tertiary/aromatic N) is 3. The molecule has 0 N–H and O–H groups in total. The average molecular weight is 645 g/mol. The second-order valence-electron chi connectivity index (χ2n) is 11.8. The number of rotatable bonds is 6. The highest BCUT2D eigenvalue weighted by atomic mass is 35.5. The Morgan fingerprint density at radius 1 is 1.16 bits per heavy atom. The smallest absolute Gasteiger partial charge is 0.338 e.